The van der Waals surface area contributed by atoms with Gasteiger partial charge in [0.05, 0.1) is 5.56 Å². The van der Waals surface area contributed by atoms with E-state index in [2.05, 4.69) is 0 Å². The molecular weight excluding hydrogens is 191 g/mol. The molecule has 1 aromatic rings. The molecule has 0 fully saturated rings. The molecule has 1 nitrogen and oxygen atoms in total. The number of hydrogen-bond donors (Lipinski definition) is 1. The minimum absolute atomic E-state index is 0.141. The van der Waals surface area contributed by atoms with Crippen molar-refractivity contribution in [3.05, 3.63) is 29.3 Å². The van der Waals surface area contributed by atoms with Crippen molar-refractivity contribution in [2.24, 2.45) is 0 Å². The van der Waals surface area contributed by atoms with Crippen LogP contribution in [0, 0.1) is 6.92 Å². The predicted octanol–water partition coefficient (Wildman–Crippen LogP) is 3.62. The van der Waals surface area contributed by atoms with E-state index in [-0.39, 0.29) is 5.69 Å². The zero-order valence-corrected chi connectivity index (χ0v) is 8.44. The fourth-order valence-corrected chi connectivity index (χ4v) is 0.976. The molecule has 0 amide bonds. The Hall–Kier alpha value is -1.19. The van der Waals surface area contributed by atoms with Crippen LogP contribution in [0.4, 0.5) is 18.9 Å². The molecule has 0 unspecified atom stereocenters. The molecule has 0 aliphatic heterocycles. The first-order chi connectivity index (χ1) is 6.39. The average molecular weight is 205 g/mol. The lowest BCUT2D eigenvalue weighted by atomic mass is 10.1. The number of nitrogens with two attached hydrogens (primary N) is 1. The van der Waals surface area contributed by atoms with Gasteiger partial charge in [-0.1, -0.05) is 13.8 Å². The van der Waals surface area contributed by atoms with Crippen LogP contribution in [-0.4, -0.2) is 0 Å². The number of alkyl halides is 3. The van der Waals surface area contributed by atoms with Gasteiger partial charge in [0.15, 0.2) is 0 Å². The van der Waals surface area contributed by atoms with E-state index in [4.69, 9.17) is 5.73 Å². The Kier molecular flexibility index (Phi) is 4.47. The molecule has 0 bridgehead atoms. The van der Waals surface area contributed by atoms with Gasteiger partial charge < -0.3 is 5.73 Å². The summed E-state index contributed by atoms with van der Waals surface area (Å²) in [4.78, 5) is 0. The number of nitrogen functional groups attached to an aromatic ring is 1. The Morgan fingerprint density at radius 2 is 1.57 bits per heavy atom. The van der Waals surface area contributed by atoms with Crippen LogP contribution < -0.4 is 5.73 Å². The summed E-state index contributed by atoms with van der Waals surface area (Å²) in [5.41, 5.74) is 5.22. The van der Waals surface area contributed by atoms with Crippen molar-refractivity contribution < 1.29 is 13.2 Å². The SMILES string of the molecule is CC.Cc1cc(N)cc(C(F)(F)F)c1. The average Bonchev–Trinajstić information content (AvgIpc) is 2.04. The van der Waals surface area contributed by atoms with Crippen LogP contribution in [0.25, 0.3) is 0 Å². The minimum Gasteiger partial charge on any atom is -0.399 e. The number of benzene rings is 1. The van der Waals surface area contributed by atoms with Gasteiger partial charge >= 0.3 is 6.18 Å². The molecule has 0 aliphatic carbocycles. The van der Waals surface area contributed by atoms with Gasteiger partial charge in [0.1, 0.15) is 0 Å². The first kappa shape index (κ1) is 12.8. The molecule has 0 radical (unpaired) electrons. The summed E-state index contributed by atoms with van der Waals surface area (Å²) in [6, 6.07) is 3.48. The van der Waals surface area contributed by atoms with Gasteiger partial charge in [-0.05, 0) is 30.7 Å². The highest BCUT2D eigenvalue weighted by atomic mass is 19.4. The summed E-state index contributed by atoms with van der Waals surface area (Å²) in [6.45, 7) is 5.58. The maximum atomic E-state index is 12.1. The van der Waals surface area contributed by atoms with Crippen molar-refractivity contribution in [2.45, 2.75) is 26.9 Å². The van der Waals surface area contributed by atoms with Gasteiger partial charge in [-0.2, -0.15) is 13.2 Å². The van der Waals surface area contributed by atoms with E-state index in [0.29, 0.717) is 5.56 Å². The Labute approximate surface area is 81.7 Å². The lowest BCUT2D eigenvalue weighted by Gasteiger charge is -2.07. The summed E-state index contributed by atoms with van der Waals surface area (Å²) in [7, 11) is 0. The smallest absolute Gasteiger partial charge is 0.399 e. The van der Waals surface area contributed by atoms with Gasteiger partial charge in [-0.25, -0.2) is 0 Å². The molecule has 1 aromatic carbocycles. The van der Waals surface area contributed by atoms with Crippen LogP contribution in [0.15, 0.2) is 18.2 Å². The number of aryl methyl sites for hydroxylation is 1. The van der Waals surface area contributed by atoms with Gasteiger partial charge in [-0.3, -0.25) is 0 Å². The summed E-state index contributed by atoms with van der Waals surface area (Å²) >= 11 is 0. The summed E-state index contributed by atoms with van der Waals surface area (Å²) < 4.78 is 36.3. The van der Waals surface area contributed by atoms with E-state index in [0.717, 1.165) is 12.1 Å². The third-order valence-electron chi connectivity index (χ3n) is 1.43. The molecule has 14 heavy (non-hydrogen) atoms. The van der Waals surface area contributed by atoms with Crippen LogP contribution in [0.1, 0.15) is 25.0 Å². The number of anilines is 1. The van der Waals surface area contributed by atoms with Crippen molar-refractivity contribution in [3.8, 4) is 0 Å². The molecule has 0 aliphatic rings. The summed E-state index contributed by atoms with van der Waals surface area (Å²) in [5.74, 6) is 0. The topological polar surface area (TPSA) is 26.0 Å². The van der Waals surface area contributed by atoms with Crippen molar-refractivity contribution in [3.63, 3.8) is 0 Å². The van der Waals surface area contributed by atoms with Crippen LogP contribution in [-0.2, 0) is 6.18 Å². The van der Waals surface area contributed by atoms with Crippen molar-refractivity contribution in [1.82, 2.24) is 0 Å². The van der Waals surface area contributed by atoms with Crippen molar-refractivity contribution >= 4 is 5.69 Å². The summed E-state index contributed by atoms with van der Waals surface area (Å²) in [6.07, 6.45) is -4.31. The molecule has 0 spiro atoms. The Balaban J connectivity index is 0.000000791. The Morgan fingerprint density at radius 3 is 1.93 bits per heavy atom. The normalized spacial score (nSPS) is 10.4. The maximum absolute atomic E-state index is 12.1. The lowest BCUT2D eigenvalue weighted by molar-refractivity contribution is -0.137. The molecule has 0 saturated carbocycles. The molecule has 1 rings (SSSR count). The number of rotatable bonds is 0. The highest BCUT2D eigenvalue weighted by Crippen LogP contribution is 2.30. The minimum atomic E-state index is -4.31. The molecule has 0 saturated heterocycles. The second-order valence-electron chi connectivity index (χ2n) is 2.63. The quantitative estimate of drug-likeness (QED) is 0.643. The van der Waals surface area contributed by atoms with E-state index in [1.807, 2.05) is 13.8 Å². The highest BCUT2D eigenvalue weighted by Gasteiger charge is 2.30. The molecular formula is C10H14F3N. The number of halogens is 3. The van der Waals surface area contributed by atoms with Gasteiger partial charge in [0.25, 0.3) is 0 Å². The summed E-state index contributed by atoms with van der Waals surface area (Å²) in [5, 5.41) is 0. The molecule has 0 atom stereocenters. The third kappa shape index (κ3) is 3.68. The monoisotopic (exact) mass is 205 g/mol. The van der Waals surface area contributed by atoms with Gasteiger partial charge in [-0.15, -0.1) is 0 Å². The zero-order valence-electron chi connectivity index (χ0n) is 8.44. The lowest BCUT2D eigenvalue weighted by Crippen LogP contribution is -2.05. The fourth-order valence-electron chi connectivity index (χ4n) is 0.976. The second kappa shape index (κ2) is 4.88. The number of hydrogen-bond acceptors (Lipinski definition) is 1. The first-order valence-electron chi connectivity index (χ1n) is 4.34. The maximum Gasteiger partial charge on any atom is 0.416 e. The van der Waals surface area contributed by atoms with E-state index in [9.17, 15) is 13.2 Å². The van der Waals surface area contributed by atoms with E-state index in [1.54, 1.807) is 6.92 Å². The van der Waals surface area contributed by atoms with Crippen LogP contribution in [0.5, 0.6) is 0 Å². The molecule has 2 N–H and O–H groups in total. The Bertz CT molecular complexity index is 272. The highest BCUT2D eigenvalue weighted by molar-refractivity contribution is 5.45. The van der Waals surface area contributed by atoms with E-state index in [1.165, 1.54) is 6.07 Å². The van der Waals surface area contributed by atoms with Crippen LogP contribution in [0.2, 0.25) is 0 Å². The van der Waals surface area contributed by atoms with E-state index >= 15 is 0 Å². The zero-order chi connectivity index (χ0) is 11.4. The molecule has 80 valence electrons. The standard InChI is InChI=1S/C8H8F3N.C2H6/c1-5-2-6(8(9,10)11)4-7(12)3-5;1-2/h2-4H,12H2,1H3;1-2H3. The predicted molar refractivity (Wildman–Crippen MR) is 51.9 cm³/mol. The third-order valence-corrected chi connectivity index (χ3v) is 1.43. The van der Waals surface area contributed by atoms with Crippen molar-refractivity contribution in [1.29, 1.82) is 0 Å². The van der Waals surface area contributed by atoms with Crippen molar-refractivity contribution in [2.75, 3.05) is 5.73 Å². The fraction of sp³-hybridized carbons (Fsp3) is 0.400. The van der Waals surface area contributed by atoms with Gasteiger partial charge in [0, 0.05) is 5.69 Å². The Morgan fingerprint density at radius 1 is 1.07 bits per heavy atom. The second-order valence-corrected chi connectivity index (χ2v) is 2.63. The molecule has 0 aromatic heterocycles. The first-order valence-corrected chi connectivity index (χ1v) is 4.34. The largest absolute Gasteiger partial charge is 0.416 e. The molecule has 0 heterocycles. The van der Waals surface area contributed by atoms with Crippen LogP contribution >= 0.6 is 0 Å². The van der Waals surface area contributed by atoms with E-state index < -0.39 is 11.7 Å². The van der Waals surface area contributed by atoms with Crippen LogP contribution in [0.3, 0.4) is 0 Å². The van der Waals surface area contributed by atoms with Gasteiger partial charge in [0.2, 0.25) is 0 Å². The molecule has 4 heteroatoms.